The van der Waals surface area contributed by atoms with Crippen LogP contribution >= 0.6 is 22.9 Å². The molecule has 1 fully saturated rings. The van der Waals surface area contributed by atoms with Crippen molar-refractivity contribution >= 4 is 34.6 Å². The third kappa shape index (κ3) is 5.52. The zero-order valence-corrected chi connectivity index (χ0v) is 20.6. The van der Waals surface area contributed by atoms with Crippen molar-refractivity contribution in [3.63, 3.8) is 0 Å². The summed E-state index contributed by atoms with van der Waals surface area (Å²) in [5.41, 5.74) is 5.84. The number of hydrogen-bond donors (Lipinski definition) is 1. The summed E-state index contributed by atoms with van der Waals surface area (Å²) >= 11 is 7.18. The molecular formula is C27H28ClN3O2S. The summed E-state index contributed by atoms with van der Waals surface area (Å²) in [6.45, 7) is 3.79. The molecular weight excluding hydrogens is 466 g/mol. The molecule has 3 heterocycles. The van der Waals surface area contributed by atoms with Crippen LogP contribution in [0.5, 0.6) is 0 Å². The molecule has 3 aromatic rings. The summed E-state index contributed by atoms with van der Waals surface area (Å²) in [6.07, 6.45) is 4.45. The molecule has 1 saturated heterocycles. The molecule has 176 valence electrons. The normalized spacial score (nSPS) is 18.4. The molecule has 5 nitrogen and oxygen atoms in total. The summed E-state index contributed by atoms with van der Waals surface area (Å²) in [5, 5.41) is 7.19. The van der Waals surface area contributed by atoms with Crippen molar-refractivity contribution in [2.24, 2.45) is 5.16 Å². The number of carbonyl (C=O) groups excluding carboxylic acids is 1. The number of nitrogens with zero attached hydrogens (tertiary/aromatic N) is 2. The second-order valence-corrected chi connectivity index (χ2v) is 10.6. The number of benzene rings is 2. The molecule has 7 heteroatoms. The Morgan fingerprint density at radius 2 is 1.79 bits per heavy atom. The standard InChI is InChI=1S/C27H28ClN3O2S/c28-26-13-12-25(34-26)27(32)29-17-22-16-24(30-33-22)20-10-8-19(9-11-20)23-7-3-2-6-21(23)18-31-14-4-1-5-15-31/h2-3,6-13,22H,1,4-5,14-18H2,(H,29,32). The Hall–Kier alpha value is -2.67. The monoisotopic (exact) mass is 493 g/mol. The lowest BCUT2D eigenvalue weighted by molar-refractivity contribution is 0.0755. The van der Waals surface area contributed by atoms with Crippen molar-refractivity contribution in [3.8, 4) is 11.1 Å². The van der Waals surface area contributed by atoms with Gasteiger partial charge in [-0.25, -0.2) is 0 Å². The van der Waals surface area contributed by atoms with E-state index in [1.54, 1.807) is 12.1 Å². The summed E-state index contributed by atoms with van der Waals surface area (Å²) in [5.74, 6) is -0.137. The third-order valence-corrected chi connectivity index (χ3v) is 7.64. The van der Waals surface area contributed by atoms with E-state index >= 15 is 0 Å². The summed E-state index contributed by atoms with van der Waals surface area (Å²) in [7, 11) is 0. The number of carbonyl (C=O) groups is 1. The maximum Gasteiger partial charge on any atom is 0.261 e. The first-order valence-electron chi connectivity index (χ1n) is 11.8. The van der Waals surface area contributed by atoms with Gasteiger partial charge in [-0.2, -0.15) is 0 Å². The largest absolute Gasteiger partial charge is 0.390 e. The van der Waals surface area contributed by atoms with Crippen molar-refractivity contribution in [3.05, 3.63) is 81.0 Å². The van der Waals surface area contributed by atoms with Gasteiger partial charge in [0.15, 0.2) is 0 Å². The average molecular weight is 494 g/mol. The number of likely N-dealkylation sites (tertiary alicyclic amines) is 1. The lowest BCUT2D eigenvalue weighted by atomic mass is 9.96. The summed E-state index contributed by atoms with van der Waals surface area (Å²) in [4.78, 5) is 21.0. The fourth-order valence-electron chi connectivity index (χ4n) is 4.58. The van der Waals surface area contributed by atoms with E-state index in [4.69, 9.17) is 16.4 Å². The van der Waals surface area contributed by atoms with Crippen molar-refractivity contribution in [2.75, 3.05) is 19.6 Å². The smallest absolute Gasteiger partial charge is 0.261 e. The van der Waals surface area contributed by atoms with Crippen LogP contribution in [-0.4, -0.2) is 42.3 Å². The van der Waals surface area contributed by atoms with E-state index in [1.807, 2.05) is 0 Å². The maximum atomic E-state index is 12.2. The quantitative estimate of drug-likeness (QED) is 0.440. The topological polar surface area (TPSA) is 53.9 Å². The minimum Gasteiger partial charge on any atom is -0.390 e. The van der Waals surface area contributed by atoms with Gasteiger partial charge >= 0.3 is 0 Å². The third-order valence-electron chi connectivity index (χ3n) is 6.41. The highest BCUT2D eigenvalue weighted by atomic mass is 35.5. The highest BCUT2D eigenvalue weighted by Gasteiger charge is 2.23. The number of halogens is 1. The van der Waals surface area contributed by atoms with Crippen LogP contribution in [0.2, 0.25) is 4.34 Å². The second-order valence-electron chi connectivity index (χ2n) is 8.85. The van der Waals surface area contributed by atoms with Crippen LogP contribution in [0.3, 0.4) is 0 Å². The van der Waals surface area contributed by atoms with Gasteiger partial charge in [0.25, 0.3) is 5.91 Å². The predicted octanol–water partition coefficient (Wildman–Crippen LogP) is 5.98. The molecule has 0 bridgehead atoms. The lowest BCUT2D eigenvalue weighted by Gasteiger charge is -2.27. The molecule has 1 aromatic heterocycles. The first-order chi connectivity index (χ1) is 16.7. The van der Waals surface area contributed by atoms with Crippen LogP contribution in [0, 0.1) is 0 Å². The van der Waals surface area contributed by atoms with E-state index in [2.05, 4.69) is 63.9 Å². The molecule has 1 N–H and O–H groups in total. The van der Waals surface area contributed by atoms with E-state index in [-0.39, 0.29) is 12.0 Å². The van der Waals surface area contributed by atoms with E-state index < -0.39 is 0 Å². The fourth-order valence-corrected chi connectivity index (χ4v) is 5.54. The minimum absolute atomic E-state index is 0.137. The SMILES string of the molecule is O=C(NCC1CC(c2ccc(-c3ccccc3CN3CCCCC3)cc2)=NO1)c1ccc(Cl)s1. The number of thiophene rings is 1. The molecule has 2 aromatic carbocycles. The number of oxime groups is 1. The first-order valence-corrected chi connectivity index (χ1v) is 13.0. The van der Waals surface area contributed by atoms with Gasteiger partial charge in [0.1, 0.15) is 6.10 Å². The Labute approximate surface area is 209 Å². The van der Waals surface area contributed by atoms with Gasteiger partial charge in [-0.3, -0.25) is 9.69 Å². The number of hydrogen-bond acceptors (Lipinski definition) is 5. The van der Waals surface area contributed by atoms with E-state index in [9.17, 15) is 4.79 Å². The van der Waals surface area contributed by atoms with Gasteiger partial charge in [-0.1, -0.05) is 71.7 Å². The predicted molar refractivity (Wildman–Crippen MR) is 139 cm³/mol. The molecule has 1 atom stereocenters. The molecule has 2 aliphatic heterocycles. The number of rotatable bonds is 7. The molecule has 5 rings (SSSR count). The first kappa shape index (κ1) is 23.1. The van der Waals surface area contributed by atoms with Crippen molar-refractivity contribution in [2.45, 2.75) is 38.3 Å². The second kappa shape index (κ2) is 10.7. The zero-order valence-electron chi connectivity index (χ0n) is 19.0. The molecule has 0 radical (unpaired) electrons. The Morgan fingerprint density at radius 3 is 2.56 bits per heavy atom. The summed E-state index contributed by atoms with van der Waals surface area (Å²) < 4.78 is 0.602. The van der Waals surface area contributed by atoms with Gasteiger partial charge in [0.2, 0.25) is 0 Å². The fraction of sp³-hybridized carbons (Fsp3) is 0.333. The van der Waals surface area contributed by atoms with Gasteiger partial charge in [-0.05, 0) is 60.3 Å². The van der Waals surface area contributed by atoms with E-state index in [1.165, 1.54) is 60.4 Å². The number of amides is 1. The van der Waals surface area contributed by atoms with Crippen LogP contribution < -0.4 is 5.32 Å². The maximum absolute atomic E-state index is 12.2. The Morgan fingerprint density at radius 1 is 1.03 bits per heavy atom. The number of piperidine rings is 1. The molecule has 1 unspecified atom stereocenters. The molecule has 34 heavy (non-hydrogen) atoms. The Bertz CT molecular complexity index is 1170. The molecule has 1 amide bonds. The Kier molecular flexibility index (Phi) is 7.28. The van der Waals surface area contributed by atoms with Gasteiger partial charge in [-0.15, -0.1) is 11.3 Å². The van der Waals surface area contributed by atoms with Crippen LogP contribution in [0.15, 0.2) is 65.8 Å². The highest BCUT2D eigenvalue weighted by molar-refractivity contribution is 7.18. The van der Waals surface area contributed by atoms with Crippen LogP contribution in [0.4, 0.5) is 0 Å². The van der Waals surface area contributed by atoms with Crippen LogP contribution in [0.25, 0.3) is 11.1 Å². The van der Waals surface area contributed by atoms with Crippen LogP contribution in [-0.2, 0) is 11.4 Å². The van der Waals surface area contributed by atoms with Crippen LogP contribution in [0.1, 0.15) is 46.5 Å². The van der Waals surface area contributed by atoms with Crippen molar-refractivity contribution < 1.29 is 9.63 Å². The Balaban J connectivity index is 1.19. The van der Waals surface area contributed by atoms with Gasteiger partial charge in [0.05, 0.1) is 21.5 Å². The minimum atomic E-state index is -0.167. The van der Waals surface area contributed by atoms with Gasteiger partial charge in [0, 0.05) is 13.0 Å². The zero-order chi connectivity index (χ0) is 23.3. The number of nitrogens with one attached hydrogen (secondary N) is 1. The van der Waals surface area contributed by atoms with Gasteiger partial charge < -0.3 is 10.2 Å². The van der Waals surface area contributed by atoms with E-state index in [0.29, 0.717) is 22.2 Å². The van der Waals surface area contributed by atoms with E-state index in [0.717, 1.165) is 17.8 Å². The van der Waals surface area contributed by atoms with Crippen molar-refractivity contribution in [1.29, 1.82) is 0 Å². The lowest BCUT2D eigenvalue weighted by Crippen LogP contribution is -2.31. The summed E-state index contributed by atoms with van der Waals surface area (Å²) in [6, 6.07) is 20.7. The van der Waals surface area contributed by atoms with Crippen molar-refractivity contribution in [1.82, 2.24) is 10.2 Å². The molecule has 0 spiro atoms. The molecule has 0 saturated carbocycles. The average Bonchev–Trinajstić information content (AvgIpc) is 3.53. The molecule has 2 aliphatic rings. The molecule has 0 aliphatic carbocycles. The highest BCUT2D eigenvalue weighted by Crippen LogP contribution is 2.27.